The summed E-state index contributed by atoms with van der Waals surface area (Å²) in [5, 5.41) is 10.1. The first kappa shape index (κ1) is 13.8. The number of aromatic nitrogens is 2. The number of benzene rings is 1. The molecule has 1 aliphatic heterocycles. The summed E-state index contributed by atoms with van der Waals surface area (Å²) in [4.78, 5) is 8.55. The number of anilines is 2. The van der Waals surface area contributed by atoms with E-state index in [1.807, 2.05) is 12.1 Å². The number of hydrogen-bond acceptors (Lipinski definition) is 5. The number of rotatable bonds is 6. The number of nitrogens with one attached hydrogen (secondary N) is 3. The summed E-state index contributed by atoms with van der Waals surface area (Å²) in [5.74, 6) is 1.76. The van der Waals surface area contributed by atoms with Crippen LogP contribution in [0.4, 0.5) is 11.6 Å². The molecule has 0 radical (unpaired) electrons. The summed E-state index contributed by atoms with van der Waals surface area (Å²) >= 11 is 0. The highest BCUT2D eigenvalue weighted by Gasteiger charge is 2.14. The normalized spacial score (nSPS) is 17.6. The number of hydrogen-bond donors (Lipinski definition) is 3. The lowest BCUT2D eigenvalue weighted by atomic mass is 10.1. The molecular weight excluding hydrogens is 262 g/mol. The minimum absolute atomic E-state index is 0.470. The van der Waals surface area contributed by atoms with Gasteiger partial charge in [0.1, 0.15) is 18.0 Å². The highest BCUT2D eigenvalue weighted by atomic mass is 15.1. The van der Waals surface area contributed by atoms with E-state index in [-0.39, 0.29) is 0 Å². The van der Waals surface area contributed by atoms with Crippen LogP contribution in [0, 0.1) is 0 Å². The second-order valence-electron chi connectivity index (χ2n) is 5.28. The second-order valence-corrected chi connectivity index (χ2v) is 5.28. The first-order valence-electron chi connectivity index (χ1n) is 7.47. The zero-order chi connectivity index (χ0) is 14.3. The van der Waals surface area contributed by atoms with Gasteiger partial charge in [-0.15, -0.1) is 0 Å². The predicted molar refractivity (Wildman–Crippen MR) is 85.6 cm³/mol. The molecule has 1 saturated heterocycles. The van der Waals surface area contributed by atoms with Crippen LogP contribution in [0.2, 0.25) is 0 Å². The van der Waals surface area contributed by atoms with Gasteiger partial charge in [-0.2, -0.15) is 0 Å². The highest BCUT2D eigenvalue weighted by Crippen LogP contribution is 2.12. The minimum atomic E-state index is 0.470. The fraction of sp³-hybridized carbons (Fsp3) is 0.375. The Morgan fingerprint density at radius 1 is 1.14 bits per heavy atom. The Bertz CT molecular complexity index is 552. The van der Waals surface area contributed by atoms with E-state index < -0.39 is 0 Å². The Balaban J connectivity index is 1.51. The van der Waals surface area contributed by atoms with E-state index in [4.69, 9.17) is 0 Å². The topological polar surface area (TPSA) is 61.9 Å². The summed E-state index contributed by atoms with van der Waals surface area (Å²) in [5.41, 5.74) is 1.33. The summed E-state index contributed by atoms with van der Waals surface area (Å²) in [6.07, 6.45) is 3.73. The van der Waals surface area contributed by atoms with Gasteiger partial charge in [0.2, 0.25) is 0 Å². The van der Waals surface area contributed by atoms with Crippen LogP contribution in [0.3, 0.4) is 0 Å². The summed E-state index contributed by atoms with van der Waals surface area (Å²) in [7, 11) is 0. The second kappa shape index (κ2) is 7.04. The third kappa shape index (κ3) is 4.16. The van der Waals surface area contributed by atoms with Gasteiger partial charge in [-0.3, -0.25) is 0 Å². The van der Waals surface area contributed by atoms with E-state index in [2.05, 4.69) is 50.2 Å². The van der Waals surface area contributed by atoms with Gasteiger partial charge in [0.25, 0.3) is 0 Å². The summed E-state index contributed by atoms with van der Waals surface area (Å²) in [6.45, 7) is 2.94. The monoisotopic (exact) mass is 283 g/mol. The summed E-state index contributed by atoms with van der Waals surface area (Å²) < 4.78 is 0. The van der Waals surface area contributed by atoms with Crippen LogP contribution >= 0.6 is 0 Å². The van der Waals surface area contributed by atoms with Crippen LogP contribution in [0.1, 0.15) is 12.0 Å². The first-order valence-corrected chi connectivity index (χ1v) is 7.47. The third-order valence-corrected chi connectivity index (χ3v) is 3.64. The molecule has 5 heteroatoms. The van der Waals surface area contributed by atoms with Gasteiger partial charge >= 0.3 is 0 Å². The van der Waals surface area contributed by atoms with Crippen molar-refractivity contribution < 1.29 is 0 Å². The van der Waals surface area contributed by atoms with Gasteiger partial charge in [-0.05, 0) is 24.9 Å². The van der Waals surface area contributed by atoms with Gasteiger partial charge in [0.05, 0.1) is 0 Å². The van der Waals surface area contributed by atoms with Crippen LogP contribution in [0.5, 0.6) is 0 Å². The summed E-state index contributed by atoms with van der Waals surface area (Å²) in [6, 6.07) is 12.9. The van der Waals surface area contributed by atoms with Crippen LogP contribution in [0.15, 0.2) is 42.7 Å². The maximum Gasteiger partial charge on any atom is 0.131 e. The van der Waals surface area contributed by atoms with E-state index in [0.29, 0.717) is 6.04 Å². The molecule has 110 valence electrons. The van der Waals surface area contributed by atoms with Crippen molar-refractivity contribution in [2.24, 2.45) is 0 Å². The Kier molecular flexibility index (Phi) is 4.63. The molecule has 3 rings (SSSR count). The van der Waals surface area contributed by atoms with Crippen molar-refractivity contribution in [3.8, 4) is 0 Å². The van der Waals surface area contributed by atoms with Gasteiger partial charge < -0.3 is 16.0 Å². The molecule has 1 aliphatic rings. The van der Waals surface area contributed by atoms with Crippen LogP contribution < -0.4 is 16.0 Å². The van der Waals surface area contributed by atoms with Crippen LogP contribution in [-0.2, 0) is 6.42 Å². The predicted octanol–water partition coefficient (Wildman–Crippen LogP) is 1.90. The fourth-order valence-electron chi connectivity index (χ4n) is 2.50. The molecule has 5 nitrogen and oxygen atoms in total. The molecule has 1 aromatic carbocycles. The van der Waals surface area contributed by atoms with Crippen LogP contribution in [0.25, 0.3) is 0 Å². The average Bonchev–Trinajstić information content (AvgIpc) is 3.02. The Morgan fingerprint density at radius 3 is 2.81 bits per heavy atom. The van der Waals surface area contributed by atoms with E-state index in [9.17, 15) is 0 Å². The highest BCUT2D eigenvalue weighted by molar-refractivity contribution is 5.47. The van der Waals surface area contributed by atoms with Crippen molar-refractivity contribution >= 4 is 11.6 Å². The maximum atomic E-state index is 4.28. The lowest BCUT2D eigenvalue weighted by molar-refractivity contribution is 0.787. The molecule has 1 unspecified atom stereocenters. The first-order chi connectivity index (χ1) is 10.4. The number of nitrogens with zero attached hydrogens (tertiary/aromatic N) is 2. The third-order valence-electron chi connectivity index (χ3n) is 3.64. The maximum absolute atomic E-state index is 4.28. The fourth-order valence-corrected chi connectivity index (χ4v) is 2.50. The minimum Gasteiger partial charge on any atom is -0.370 e. The van der Waals surface area contributed by atoms with E-state index >= 15 is 0 Å². The van der Waals surface area contributed by atoms with Crippen molar-refractivity contribution in [2.75, 3.05) is 30.3 Å². The lowest BCUT2D eigenvalue weighted by Gasteiger charge is -2.12. The lowest BCUT2D eigenvalue weighted by Crippen LogP contribution is -2.22. The molecule has 0 saturated carbocycles. The Labute approximate surface area is 125 Å². The van der Waals surface area contributed by atoms with Gasteiger partial charge in [-0.25, -0.2) is 9.97 Å². The van der Waals surface area contributed by atoms with Crippen molar-refractivity contribution in [3.63, 3.8) is 0 Å². The van der Waals surface area contributed by atoms with Gasteiger partial charge in [-0.1, -0.05) is 30.3 Å². The smallest absolute Gasteiger partial charge is 0.131 e. The average molecular weight is 283 g/mol. The van der Waals surface area contributed by atoms with Crippen molar-refractivity contribution in [3.05, 3.63) is 48.3 Å². The van der Waals surface area contributed by atoms with Gasteiger partial charge in [0.15, 0.2) is 0 Å². The molecule has 2 aromatic rings. The zero-order valence-electron chi connectivity index (χ0n) is 12.0. The van der Waals surface area contributed by atoms with E-state index in [0.717, 1.165) is 44.1 Å². The Hall–Kier alpha value is -2.14. The molecule has 0 aliphatic carbocycles. The largest absolute Gasteiger partial charge is 0.370 e. The van der Waals surface area contributed by atoms with Gasteiger partial charge in [0, 0.05) is 25.2 Å². The van der Waals surface area contributed by atoms with E-state index in [1.165, 1.54) is 5.56 Å². The SMILES string of the molecule is c1ccc(CCNc2cc(NC3CCNC3)ncn2)cc1. The molecular formula is C16H21N5. The molecule has 0 amide bonds. The van der Waals surface area contributed by atoms with Crippen molar-refractivity contribution in [1.82, 2.24) is 15.3 Å². The standard InChI is InChI=1S/C16H21N5/c1-2-4-13(5-3-1)6-9-18-15-10-16(20-12-19-15)21-14-7-8-17-11-14/h1-5,10,12,14,17H,6-9,11H2,(H2,18,19,20,21). The van der Waals surface area contributed by atoms with Crippen LogP contribution in [-0.4, -0.2) is 35.6 Å². The van der Waals surface area contributed by atoms with Crippen molar-refractivity contribution in [1.29, 1.82) is 0 Å². The molecule has 1 fully saturated rings. The molecule has 0 bridgehead atoms. The molecule has 1 atom stereocenters. The molecule has 3 N–H and O–H groups in total. The Morgan fingerprint density at radius 2 is 2.00 bits per heavy atom. The van der Waals surface area contributed by atoms with E-state index in [1.54, 1.807) is 6.33 Å². The molecule has 21 heavy (non-hydrogen) atoms. The molecule has 1 aromatic heterocycles. The van der Waals surface area contributed by atoms with Crippen molar-refractivity contribution in [2.45, 2.75) is 18.9 Å². The zero-order valence-corrected chi connectivity index (χ0v) is 12.0. The molecule has 0 spiro atoms. The molecule has 2 heterocycles. The quantitative estimate of drug-likeness (QED) is 0.756.